The molecular weight excluding hydrogens is 158 g/mol. The Bertz CT molecular complexity index is 327. The van der Waals surface area contributed by atoms with Crippen molar-refractivity contribution in [3.63, 3.8) is 0 Å². The van der Waals surface area contributed by atoms with Crippen LogP contribution in [-0.4, -0.2) is 14.7 Å². The van der Waals surface area contributed by atoms with Crippen molar-refractivity contribution in [2.24, 2.45) is 7.05 Å². The molecule has 12 heavy (non-hydrogen) atoms. The minimum atomic E-state index is -0.424. The van der Waals surface area contributed by atoms with Gasteiger partial charge in [-0.3, -0.25) is 14.8 Å². The second kappa shape index (κ2) is 3.17. The Balaban J connectivity index is 2.87. The summed E-state index contributed by atoms with van der Waals surface area (Å²) in [6.45, 7) is 1.45. The number of rotatable bonds is 2. The van der Waals surface area contributed by atoms with Crippen LogP contribution in [0.3, 0.4) is 0 Å². The molecule has 5 heteroatoms. The lowest BCUT2D eigenvalue weighted by molar-refractivity contribution is -0.422. The highest BCUT2D eigenvalue weighted by molar-refractivity contribution is 5.48. The molecule has 0 unspecified atom stereocenters. The molecule has 0 aromatic carbocycles. The van der Waals surface area contributed by atoms with E-state index in [0.717, 1.165) is 5.56 Å². The molecule has 1 aromatic heterocycles. The van der Waals surface area contributed by atoms with E-state index in [1.165, 1.54) is 13.0 Å². The van der Waals surface area contributed by atoms with Crippen LogP contribution in [0.1, 0.15) is 12.5 Å². The summed E-state index contributed by atoms with van der Waals surface area (Å²) in [4.78, 5) is 9.80. The number of allylic oxidation sites excluding steroid dienone is 1. The maximum Gasteiger partial charge on any atom is 0.243 e. The standard InChI is InChI=1S/C7H9N3O2/c1-6(10(11)12)3-7-4-8-9(2)5-7/h3-5H,1-2H3. The van der Waals surface area contributed by atoms with Crippen LogP contribution in [0.25, 0.3) is 6.08 Å². The van der Waals surface area contributed by atoms with Crippen LogP contribution < -0.4 is 0 Å². The highest BCUT2D eigenvalue weighted by Crippen LogP contribution is 2.04. The van der Waals surface area contributed by atoms with Gasteiger partial charge >= 0.3 is 0 Å². The normalized spacial score (nSPS) is 11.7. The Morgan fingerprint density at radius 3 is 2.92 bits per heavy atom. The molecule has 0 aliphatic rings. The number of hydrogen-bond acceptors (Lipinski definition) is 3. The molecule has 0 spiro atoms. The van der Waals surface area contributed by atoms with Crippen molar-refractivity contribution in [1.82, 2.24) is 9.78 Å². The molecule has 0 N–H and O–H groups in total. The van der Waals surface area contributed by atoms with Gasteiger partial charge < -0.3 is 0 Å². The van der Waals surface area contributed by atoms with Crippen LogP contribution >= 0.6 is 0 Å². The molecule has 0 aliphatic carbocycles. The van der Waals surface area contributed by atoms with Gasteiger partial charge in [-0.05, 0) is 0 Å². The largest absolute Gasteiger partial charge is 0.275 e. The third-order valence-corrected chi connectivity index (χ3v) is 1.39. The molecule has 0 saturated heterocycles. The van der Waals surface area contributed by atoms with Crippen LogP contribution in [0.5, 0.6) is 0 Å². The zero-order chi connectivity index (χ0) is 9.14. The van der Waals surface area contributed by atoms with Gasteiger partial charge in [0, 0.05) is 31.8 Å². The summed E-state index contributed by atoms with van der Waals surface area (Å²) in [5, 5.41) is 14.1. The lowest BCUT2D eigenvalue weighted by Crippen LogP contribution is -1.92. The maximum absolute atomic E-state index is 10.2. The van der Waals surface area contributed by atoms with E-state index in [4.69, 9.17) is 0 Å². The summed E-state index contributed by atoms with van der Waals surface area (Å²) in [5.74, 6) is 0. The van der Waals surface area contributed by atoms with Crippen LogP contribution in [0, 0.1) is 10.1 Å². The van der Waals surface area contributed by atoms with E-state index in [2.05, 4.69) is 5.10 Å². The number of nitro groups is 1. The first-order valence-corrected chi connectivity index (χ1v) is 3.41. The van der Waals surface area contributed by atoms with E-state index in [1.54, 1.807) is 24.1 Å². The van der Waals surface area contributed by atoms with Gasteiger partial charge in [-0.1, -0.05) is 0 Å². The third-order valence-electron chi connectivity index (χ3n) is 1.39. The fraction of sp³-hybridized carbons (Fsp3) is 0.286. The van der Waals surface area contributed by atoms with Crippen molar-refractivity contribution in [2.45, 2.75) is 6.92 Å². The minimum absolute atomic E-state index is 0.114. The van der Waals surface area contributed by atoms with Crippen LogP contribution in [0.2, 0.25) is 0 Å². The Kier molecular flexibility index (Phi) is 2.23. The molecule has 0 aliphatic heterocycles. The average Bonchev–Trinajstić information content (AvgIpc) is 2.35. The van der Waals surface area contributed by atoms with Crippen molar-refractivity contribution >= 4 is 6.08 Å². The molecular formula is C7H9N3O2. The van der Waals surface area contributed by atoms with E-state index in [1.807, 2.05) is 0 Å². The van der Waals surface area contributed by atoms with E-state index in [-0.39, 0.29) is 5.70 Å². The van der Waals surface area contributed by atoms with Crippen molar-refractivity contribution in [2.75, 3.05) is 0 Å². The van der Waals surface area contributed by atoms with E-state index in [9.17, 15) is 10.1 Å². The van der Waals surface area contributed by atoms with Crippen LogP contribution in [0.15, 0.2) is 18.1 Å². The van der Waals surface area contributed by atoms with E-state index < -0.39 is 4.92 Å². The quantitative estimate of drug-likeness (QED) is 0.488. The zero-order valence-electron chi connectivity index (χ0n) is 6.89. The molecule has 0 fully saturated rings. The van der Waals surface area contributed by atoms with Crippen molar-refractivity contribution in [3.8, 4) is 0 Å². The van der Waals surface area contributed by atoms with Crippen LogP contribution in [0.4, 0.5) is 0 Å². The smallest absolute Gasteiger partial charge is 0.243 e. The van der Waals surface area contributed by atoms with E-state index >= 15 is 0 Å². The fourth-order valence-electron chi connectivity index (χ4n) is 0.809. The van der Waals surface area contributed by atoms with Crippen molar-refractivity contribution in [3.05, 3.63) is 33.8 Å². The highest BCUT2D eigenvalue weighted by atomic mass is 16.6. The molecule has 1 aromatic rings. The van der Waals surface area contributed by atoms with Gasteiger partial charge in [-0.15, -0.1) is 0 Å². The zero-order valence-corrected chi connectivity index (χ0v) is 6.89. The van der Waals surface area contributed by atoms with E-state index in [0.29, 0.717) is 0 Å². The lowest BCUT2D eigenvalue weighted by atomic mass is 10.3. The molecule has 1 rings (SSSR count). The first-order chi connectivity index (χ1) is 5.59. The summed E-state index contributed by atoms with van der Waals surface area (Å²) in [6.07, 6.45) is 4.77. The first-order valence-electron chi connectivity index (χ1n) is 3.41. The Morgan fingerprint density at radius 1 is 1.83 bits per heavy atom. The van der Waals surface area contributed by atoms with Crippen molar-refractivity contribution < 1.29 is 4.92 Å². The summed E-state index contributed by atoms with van der Waals surface area (Å²) in [5.41, 5.74) is 0.856. The number of aromatic nitrogens is 2. The lowest BCUT2D eigenvalue weighted by Gasteiger charge is -1.86. The fourth-order valence-corrected chi connectivity index (χ4v) is 0.809. The Hall–Kier alpha value is -1.65. The van der Waals surface area contributed by atoms with Crippen LogP contribution in [-0.2, 0) is 7.05 Å². The summed E-state index contributed by atoms with van der Waals surface area (Å²) >= 11 is 0. The average molecular weight is 167 g/mol. The second-order valence-corrected chi connectivity index (χ2v) is 2.49. The van der Waals surface area contributed by atoms with Gasteiger partial charge in [0.1, 0.15) is 0 Å². The molecule has 0 amide bonds. The van der Waals surface area contributed by atoms with Gasteiger partial charge in [0.2, 0.25) is 5.70 Å². The molecule has 64 valence electrons. The second-order valence-electron chi connectivity index (χ2n) is 2.49. The predicted octanol–water partition coefficient (Wildman–Crippen LogP) is 1.06. The molecule has 0 atom stereocenters. The topological polar surface area (TPSA) is 61.0 Å². The molecule has 0 bridgehead atoms. The number of nitrogens with zero attached hydrogens (tertiary/aromatic N) is 3. The van der Waals surface area contributed by atoms with Gasteiger partial charge in [0.15, 0.2) is 0 Å². The Labute approximate surface area is 69.5 Å². The number of aryl methyl sites for hydroxylation is 1. The van der Waals surface area contributed by atoms with Gasteiger partial charge in [0.25, 0.3) is 0 Å². The maximum atomic E-state index is 10.2. The van der Waals surface area contributed by atoms with Gasteiger partial charge in [-0.2, -0.15) is 5.10 Å². The third kappa shape index (κ3) is 1.91. The van der Waals surface area contributed by atoms with Crippen molar-refractivity contribution in [1.29, 1.82) is 0 Å². The molecule has 0 radical (unpaired) electrons. The number of hydrogen-bond donors (Lipinski definition) is 0. The summed E-state index contributed by atoms with van der Waals surface area (Å²) in [6, 6.07) is 0. The summed E-state index contributed by atoms with van der Waals surface area (Å²) in [7, 11) is 1.76. The summed E-state index contributed by atoms with van der Waals surface area (Å²) < 4.78 is 1.60. The SMILES string of the molecule is CC(=Cc1cnn(C)c1)[N+](=O)[O-]. The molecule has 1 heterocycles. The highest BCUT2D eigenvalue weighted by Gasteiger charge is 2.02. The monoisotopic (exact) mass is 167 g/mol. The van der Waals surface area contributed by atoms with Gasteiger partial charge in [-0.25, -0.2) is 0 Å². The Morgan fingerprint density at radius 2 is 2.50 bits per heavy atom. The predicted molar refractivity (Wildman–Crippen MR) is 43.9 cm³/mol. The van der Waals surface area contributed by atoms with Gasteiger partial charge in [0.05, 0.1) is 11.1 Å². The molecule has 5 nitrogen and oxygen atoms in total. The minimum Gasteiger partial charge on any atom is -0.275 e. The first kappa shape index (κ1) is 8.45. The molecule has 0 saturated carbocycles.